The molecule has 0 atom stereocenters. The van der Waals surface area contributed by atoms with Crippen LogP contribution in [0, 0.1) is 0 Å². The second kappa shape index (κ2) is 11.7. The second-order valence-corrected chi connectivity index (χ2v) is 14.3. The van der Waals surface area contributed by atoms with Crippen molar-refractivity contribution in [1.82, 2.24) is 4.58 Å². The molecule has 0 bridgehead atoms. The van der Waals surface area contributed by atoms with Crippen LogP contribution in [0.1, 0.15) is 79.5 Å². The minimum Gasteiger partial charge on any atom is -0.475 e. The molecule has 7 rings (SSSR count). The number of fused-ring (bicyclic) bond motifs is 4. The van der Waals surface area contributed by atoms with Crippen molar-refractivity contribution in [2.24, 2.45) is 4.99 Å². The van der Waals surface area contributed by atoms with Crippen LogP contribution >= 0.6 is 0 Å². The molecule has 0 saturated carbocycles. The summed E-state index contributed by atoms with van der Waals surface area (Å²) in [4.78, 5) is 7.58. The molecule has 0 spiro atoms. The number of rotatable bonds is 8. The number of hydrogen-bond acceptors (Lipinski definition) is 5. The van der Waals surface area contributed by atoms with Crippen LogP contribution in [0.15, 0.2) is 53.5 Å². The highest BCUT2D eigenvalue weighted by Gasteiger charge is 2.38. The minimum atomic E-state index is -0.229. The average Bonchev–Trinajstić information content (AvgIpc) is 3.41. The highest BCUT2D eigenvalue weighted by molar-refractivity contribution is 6.02. The second-order valence-electron chi connectivity index (χ2n) is 14.3. The Labute approximate surface area is 268 Å². The van der Waals surface area contributed by atoms with Gasteiger partial charge in [-0.1, -0.05) is 32.0 Å². The van der Waals surface area contributed by atoms with Gasteiger partial charge >= 0.3 is 0 Å². The fourth-order valence-corrected chi connectivity index (χ4v) is 7.92. The maximum Gasteiger partial charge on any atom is 0.217 e. The van der Waals surface area contributed by atoms with Gasteiger partial charge < -0.3 is 19.1 Å². The number of aliphatic imine (C=N–C) groups is 1. The number of benzene rings is 3. The topological polar surface area (TPSA) is 46.3 Å². The standard InChI is InChI=1S/C39H48N3O3/c1-38(2)25-45-37(40-38)29-14-8-7-13-28(29)36-30-21-26-11-9-15-41(17-19-43-5)34(26)23-32(30)39(3,4)33-24-35-27(22-31(33)36)12-10-16-42(35)18-20-44-6/h7-8,13-14,21-24H,9-12,15-20,25H2,1-6H3/q+1. The molecule has 6 nitrogen and oxygen atoms in total. The zero-order valence-corrected chi connectivity index (χ0v) is 28.0. The van der Waals surface area contributed by atoms with Gasteiger partial charge in [-0.3, -0.25) is 0 Å². The average molecular weight is 607 g/mol. The van der Waals surface area contributed by atoms with Crippen molar-refractivity contribution in [3.05, 3.63) is 98.1 Å². The van der Waals surface area contributed by atoms with Crippen molar-refractivity contribution in [2.75, 3.05) is 65.1 Å². The molecule has 0 radical (unpaired) electrons. The Morgan fingerprint density at radius 2 is 1.64 bits per heavy atom. The fourth-order valence-electron chi connectivity index (χ4n) is 7.92. The molecule has 0 N–H and O–H groups in total. The highest BCUT2D eigenvalue weighted by Crippen LogP contribution is 2.44. The molecule has 0 aromatic heterocycles. The monoisotopic (exact) mass is 606 g/mol. The quantitative estimate of drug-likeness (QED) is 0.352. The number of methoxy groups -OCH3 is 2. The Bertz CT molecular complexity index is 1800. The van der Waals surface area contributed by atoms with Crippen LogP contribution in [0.5, 0.6) is 0 Å². The van der Waals surface area contributed by atoms with Crippen LogP contribution in [0.25, 0.3) is 5.57 Å². The van der Waals surface area contributed by atoms with E-state index in [1.807, 2.05) is 0 Å². The maximum absolute atomic E-state index is 6.29. The molecule has 6 heteroatoms. The normalized spacial score (nSPS) is 19.3. The first-order chi connectivity index (χ1) is 21.7. The predicted molar refractivity (Wildman–Crippen MR) is 182 cm³/mol. The molecule has 45 heavy (non-hydrogen) atoms. The lowest BCUT2D eigenvalue weighted by atomic mass is 9.67. The number of nitrogens with zero attached hydrogens (tertiary/aromatic N) is 3. The van der Waals surface area contributed by atoms with Gasteiger partial charge in [0.15, 0.2) is 6.54 Å². The minimum absolute atomic E-state index is 0.189. The molecule has 4 aliphatic rings. The Balaban J connectivity index is 1.55. The first-order valence-electron chi connectivity index (χ1n) is 16.7. The Hall–Kier alpha value is -3.48. The summed E-state index contributed by atoms with van der Waals surface area (Å²) >= 11 is 0. The van der Waals surface area contributed by atoms with E-state index in [4.69, 9.17) is 19.2 Å². The van der Waals surface area contributed by atoms with E-state index in [1.54, 1.807) is 14.2 Å². The SMILES string of the molecule is COCCN1CCCc2cc3c(cc21)C(C)(C)c1cc2c(cc1=C3c1ccccc1C1=NC(C)(C)CO1)CCC[N+]=2CCOC. The van der Waals surface area contributed by atoms with Crippen LogP contribution in [-0.4, -0.2) is 71.7 Å². The van der Waals surface area contributed by atoms with Crippen molar-refractivity contribution in [3.63, 3.8) is 0 Å². The van der Waals surface area contributed by atoms with Gasteiger partial charge in [-0.15, -0.1) is 0 Å². The van der Waals surface area contributed by atoms with E-state index in [2.05, 4.69) is 85.7 Å². The fraction of sp³-hybridized carbons (Fsp3) is 0.487. The van der Waals surface area contributed by atoms with Crippen LogP contribution in [0.4, 0.5) is 5.69 Å². The van der Waals surface area contributed by atoms with Gasteiger partial charge in [0.25, 0.3) is 0 Å². The molecule has 0 fully saturated rings. The van der Waals surface area contributed by atoms with Crippen LogP contribution in [0.3, 0.4) is 0 Å². The van der Waals surface area contributed by atoms with E-state index in [1.165, 1.54) is 55.2 Å². The molecular weight excluding hydrogens is 558 g/mol. The first-order valence-corrected chi connectivity index (χ1v) is 16.7. The van der Waals surface area contributed by atoms with Gasteiger partial charge in [0.05, 0.1) is 12.1 Å². The first kappa shape index (κ1) is 30.2. The van der Waals surface area contributed by atoms with Crippen molar-refractivity contribution < 1.29 is 14.2 Å². The van der Waals surface area contributed by atoms with Crippen molar-refractivity contribution in [2.45, 2.75) is 64.3 Å². The molecule has 0 saturated heterocycles. The zero-order valence-electron chi connectivity index (χ0n) is 28.0. The van der Waals surface area contributed by atoms with Crippen LogP contribution < -0.4 is 20.1 Å². The number of anilines is 1. The van der Waals surface area contributed by atoms with E-state index in [0.717, 1.165) is 76.5 Å². The van der Waals surface area contributed by atoms with E-state index in [0.29, 0.717) is 6.61 Å². The molecule has 1 aliphatic carbocycles. The lowest BCUT2D eigenvalue weighted by Crippen LogP contribution is -2.44. The van der Waals surface area contributed by atoms with Crippen LogP contribution in [-0.2, 0) is 32.5 Å². The third-order valence-corrected chi connectivity index (χ3v) is 10.3. The van der Waals surface area contributed by atoms with Crippen LogP contribution in [0.2, 0.25) is 0 Å². The van der Waals surface area contributed by atoms with E-state index < -0.39 is 0 Å². The summed E-state index contributed by atoms with van der Waals surface area (Å²) in [7, 11) is 3.60. The van der Waals surface area contributed by atoms with Gasteiger partial charge in [-0.05, 0) is 96.0 Å². The van der Waals surface area contributed by atoms with Crippen molar-refractivity contribution >= 4 is 17.2 Å². The maximum atomic E-state index is 6.29. The van der Waals surface area contributed by atoms with Crippen molar-refractivity contribution in [1.29, 1.82) is 0 Å². The molecule has 3 aromatic carbocycles. The Morgan fingerprint density at radius 1 is 0.867 bits per heavy atom. The van der Waals surface area contributed by atoms with E-state index >= 15 is 0 Å². The lowest BCUT2D eigenvalue weighted by Gasteiger charge is -2.39. The predicted octanol–water partition coefficient (Wildman–Crippen LogP) is 4.61. The highest BCUT2D eigenvalue weighted by atomic mass is 16.5. The summed E-state index contributed by atoms with van der Waals surface area (Å²) in [6.45, 7) is 15.2. The molecule has 3 aliphatic heterocycles. The zero-order chi connectivity index (χ0) is 31.3. The van der Waals surface area contributed by atoms with Gasteiger partial charge in [0.2, 0.25) is 11.3 Å². The van der Waals surface area contributed by atoms with E-state index in [9.17, 15) is 0 Å². The summed E-state index contributed by atoms with van der Waals surface area (Å²) in [6, 6.07) is 18.8. The summed E-state index contributed by atoms with van der Waals surface area (Å²) in [6.07, 6.45) is 4.51. The Kier molecular flexibility index (Phi) is 7.85. The molecule has 3 aromatic rings. The summed E-state index contributed by atoms with van der Waals surface area (Å²) in [5, 5.41) is 2.71. The molecule has 0 unspecified atom stereocenters. The summed E-state index contributed by atoms with van der Waals surface area (Å²) in [5.41, 5.74) is 11.5. The smallest absolute Gasteiger partial charge is 0.217 e. The van der Waals surface area contributed by atoms with Gasteiger partial charge in [-0.25, -0.2) is 9.57 Å². The van der Waals surface area contributed by atoms with Gasteiger partial charge in [0.1, 0.15) is 19.8 Å². The summed E-state index contributed by atoms with van der Waals surface area (Å²) in [5.74, 6) is 0.753. The number of aryl methyl sites for hydroxylation is 2. The third-order valence-electron chi connectivity index (χ3n) is 10.3. The molecule has 3 heterocycles. The van der Waals surface area contributed by atoms with E-state index in [-0.39, 0.29) is 11.0 Å². The van der Waals surface area contributed by atoms with Gasteiger partial charge in [-0.2, -0.15) is 0 Å². The molecule has 0 amide bonds. The summed E-state index contributed by atoms with van der Waals surface area (Å²) < 4.78 is 19.9. The number of ether oxygens (including phenoxy) is 3. The van der Waals surface area contributed by atoms with Crippen molar-refractivity contribution in [3.8, 4) is 0 Å². The third kappa shape index (κ3) is 5.30. The number of hydrogen-bond donors (Lipinski definition) is 0. The largest absolute Gasteiger partial charge is 0.475 e. The van der Waals surface area contributed by atoms with Gasteiger partial charge in [0, 0.05) is 62.0 Å². The lowest BCUT2D eigenvalue weighted by molar-refractivity contribution is 0.192. The Morgan fingerprint density at radius 3 is 2.40 bits per heavy atom. The molecule has 236 valence electrons. The molecular formula is C39H48N3O3+.